The van der Waals surface area contributed by atoms with Crippen molar-refractivity contribution in [1.82, 2.24) is 25.4 Å². The fraction of sp³-hybridized carbons (Fsp3) is 0.278. The van der Waals surface area contributed by atoms with Crippen LogP contribution >= 0.6 is 35.3 Å². The normalized spacial score (nSPS) is 11.1. The Morgan fingerprint density at radius 3 is 2.88 bits per heavy atom. The molecule has 0 saturated heterocycles. The van der Waals surface area contributed by atoms with Gasteiger partial charge in [0.25, 0.3) is 0 Å². The molecule has 0 amide bonds. The van der Waals surface area contributed by atoms with Gasteiger partial charge in [0.1, 0.15) is 6.33 Å². The van der Waals surface area contributed by atoms with Crippen molar-refractivity contribution in [3.8, 4) is 11.4 Å². The third-order valence-corrected chi connectivity index (χ3v) is 4.46. The molecule has 0 aliphatic heterocycles. The smallest absolute Gasteiger partial charge is 0.194 e. The summed E-state index contributed by atoms with van der Waals surface area (Å²) < 4.78 is 0. The SMILES string of the molecule is CCNC(=NCc1cccc(-c2ncn[nH]2)c1)N(C)Cc1ccsc1.I. The van der Waals surface area contributed by atoms with Crippen LogP contribution in [-0.4, -0.2) is 39.6 Å². The first-order valence-corrected chi connectivity index (χ1v) is 9.15. The first kappa shape index (κ1) is 20.4. The molecule has 0 atom stereocenters. The number of thiophene rings is 1. The molecule has 0 aliphatic rings. The third kappa shape index (κ3) is 5.53. The highest BCUT2D eigenvalue weighted by molar-refractivity contribution is 14.0. The van der Waals surface area contributed by atoms with E-state index < -0.39 is 0 Å². The van der Waals surface area contributed by atoms with Crippen molar-refractivity contribution in [2.75, 3.05) is 13.6 Å². The molecule has 26 heavy (non-hydrogen) atoms. The molecule has 0 fully saturated rings. The van der Waals surface area contributed by atoms with E-state index in [1.165, 1.54) is 11.9 Å². The molecule has 0 aliphatic carbocycles. The van der Waals surface area contributed by atoms with Crippen LogP contribution in [0.25, 0.3) is 11.4 Å². The number of nitrogens with zero attached hydrogens (tertiary/aromatic N) is 4. The van der Waals surface area contributed by atoms with E-state index in [0.717, 1.165) is 36.0 Å². The maximum absolute atomic E-state index is 4.78. The van der Waals surface area contributed by atoms with Crippen molar-refractivity contribution in [1.29, 1.82) is 0 Å². The second-order valence-corrected chi connectivity index (χ2v) is 6.47. The lowest BCUT2D eigenvalue weighted by molar-refractivity contribution is 0.477. The Morgan fingerprint density at radius 2 is 2.19 bits per heavy atom. The Balaban J connectivity index is 0.00000243. The van der Waals surface area contributed by atoms with Crippen molar-refractivity contribution in [3.63, 3.8) is 0 Å². The molecule has 0 bridgehead atoms. The van der Waals surface area contributed by atoms with E-state index in [1.807, 2.05) is 12.1 Å². The maximum Gasteiger partial charge on any atom is 0.194 e. The number of hydrogen-bond donors (Lipinski definition) is 2. The zero-order chi connectivity index (χ0) is 17.5. The van der Waals surface area contributed by atoms with E-state index in [4.69, 9.17) is 4.99 Å². The van der Waals surface area contributed by atoms with Crippen LogP contribution in [0, 0.1) is 0 Å². The quantitative estimate of drug-likeness (QED) is 0.319. The molecule has 2 aromatic heterocycles. The summed E-state index contributed by atoms with van der Waals surface area (Å²) in [5.41, 5.74) is 3.44. The maximum atomic E-state index is 4.78. The van der Waals surface area contributed by atoms with E-state index in [9.17, 15) is 0 Å². The summed E-state index contributed by atoms with van der Waals surface area (Å²) in [6.07, 6.45) is 1.52. The van der Waals surface area contributed by atoms with Gasteiger partial charge in [-0.3, -0.25) is 5.10 Å². The van der Waals surface area contributed by atoms with Gasteiger partial charge in [-0.1, -0.05) is 18.2 Å². The first-order chi connectivity index (χ1) is 12.3. The van der Waals surface area contributed by atoms with E-state index in [-0.39, 0.29) is 24.0 Å². The number of benzene rings is 1. The predicted octanol–water partition coefficient (Wildman–Crippen LogP) is 3.75. The Bertz CT molecular complexity index is 801. The largest absolute Gasteiger partial charge is 0.357 e. The molecule has 138 valence electrons. The monoisotopic (exact) mass is 482 g/mol. The number of halogens is 1. The van der Waals surface area contributed by atoms with E-state index >= 15 is 0 Å². The number of nitrogens with one attached hydrogen (secondary N) is 2. The topological polar surface area (TPSA) is 69.2 Å². The summed E-state index contributed by atoms with van der Waals surface area (Å²) in [5.74, 6) is 1.67. The summed E-state index contributed by atoms with van der Waals surface area (Å²) in [5, 5.41) is 14.4. The number of aliphatic imine (C=N–C) groups is 1. The molecular formula is C18H23IN6S. The van der Waals surface area contributed by atoms with E-state index in [2.05, 4.69) is 68.3 Å². The summed E-state index contributed by atoms with van der Waals surface area (Å²) >= 11 is 1.72. The van der Waals surface area contributed by atoms with Crippen LogP contribution in [0.1, 0.15) is 18.1 Å². The minimum atomic E-state index is 0. The van der Waals surface area contributed by atoms with Gasteiger partial charge in [0.15, 0.2) is 11.8 Å². The van der Waals surface area contributed by atoms with Gasteiger partial charge in [0.2, 0.25) is 0 Å². The highest BCUT2D eigenvalue weighted by Crippen LogP contribution is 2.16. The molecule has 3 aromatic rings. The molecule has 6 nitrogen and oxygen atoms in total. The lowest BCUT2D eigenvalue weighted by atomic mass is 10.1. The van der Waals surface area contributed by atoms with Gasteiger partial charge in [-0.15, -0.1) is 24.0 Å². The summed E-state index contributed by atoms with van der Waals surface area (Å²) in [6, 6.07) is 10.3. The number of aromatic amines is 1. The fourth-order valence-corrected chi connectivity index (χ4v) is 3.19. The Labute approximate surface area is 174 Å². The van der Waals surface area contributed by atoms with Crippen molar-refractivity contribution in [2.24, 2.45) is 4.99 Å². The molecular weight excluding hydrogens is 459 g/mol. The summed E-state index contributed by atoms with van der Waals surface area (Å²) in [6.45, 7) is 4.37. The van der Waals surface area contributed by atoms with Crippen LogP contribution in [-0.2, 0) is 13.1 Å². The van der Waals surface area contributed by atoms with Gasteiger partial charge in [0.05, 0.1) is 6.54 Å². The molecule has 2 N–H and O–H groups in total. The average molecular weight is 482 g/mol. The Morgan fingerprint density at radius 1 is 1.31 bits per heavy atom. The standard InChI is InChI=1S/C18H22N6S.HI/c1-3-19-18(24(2)11-15-7-8-25-12-15)20-10-14-5-4-6-16(9-14)17-21-13-22-23-17;/h4-9,12-13H,3,10-11H2,1-2H3,(H,19,20)(H,21,22,23);1H. The van der Waals surface area contributed by atoms with Crippen LogP contribution in [0.2, 0.25) is 0 Å². The fourth-order valence-electron chi connectivity index (χ4n) is 2.53. The van der Waals surface area contributed by atoms with Crippen molar-refractivity contribution < 1.29 is 0 Å². The number of rotatable bonds is 6. The second kappa shape index (κ2) is 10.3. The van der Waals surface area contributed by atoms with Gasteiger partial charge < -0.3 is 10.2 Å². The lowest BCUT2D eigenvalue weighted by Crippen LogP contribution is -2.38. The highest BCUT2D eigenvalue weighted by Gasteiger charge is 2.07. The van der Waals surface area contributed by atoms with Crippen LogP contribution in [0.5, 0.6) is 0 Å². The zero-order valence-electron chi connectivity index (χ0n) is 14.8. The van der Waals surface area contributed by atoms with Gasteiger partial charge in [-0.25, -0.2) is 9.98 Å². The van der Waals surface area contributed by atoms with Gasteiger partial charge >= 0.3 is 0 Å². The summed E-state index contributed by atoms with van der Waals surface area (Å²) in [4.78, 5) is 11.1. The number of hydrogen-bond acceptors (Lipinski definition) is 4. The van der Waals surface area contributed by atoms with Gasteiger partial charge in [-0.05, 0) is 40.9 Å². The van der Waals surface area contributed by atoms with Crippen molar-refractivity contribution in [2.45, 2.75) is 20.0 Å². The summed E-state index contributed by atoms with van der Waals surface area (Å²) in [7, 11) is 2.06. The van der Waals surface area contributed by atoms with Crippen molar-refractivity contribution >= 4 is 41.3 Å². The van der Waals surface area contributed by atoms with Crippen LogP contribution in [0.3, 0.4) is 0 Å². The van der Waals surface area contributed by atoms with Gasteiger partial charge in [-0.2, -0.15) is 16.4 Å². The molecule has 0 saturated carbocycles. The van der Waals surface area contributed by atoms with Crippen LogP contribution in [0.4, 0.5) is 0 Å². The van der Waals surface area contributed by atoms with Crippen LogP contribution in [0.15, 0.2) is 52.4 Å². The molecule has 0 radical (unpaired) electrons. The number of aromatic nitrogens is 3. The van der Waals surface area contributed by atoms with Crippen LogP contribution < -0.4 is 5.32 Å². The molecule has 8 heteroatoms. The molecule has 2 heterocycles. The lowest BCUT2D eigenvalue weighted by Gasteiger charge is -2.21. The molecule has 3 rings (SSSR count). The average Bonchev–Trinajstić information content (AvgIpc) is 3.32. The number of H-pyrrole nitrogens is 1. The first-order valence-electron chi connectivity index (χ1n) is 8.21. The Hall–Kier alpha value is -1.94. The highest BCUT2D eigenvalue weighted by atomic mass is 127. The minimum Gasteiger partial charge on any atom is -0.357 e. The van der Waals surface area contributed by atoms with Crippen molar-refractivity contribution in [3.05, 3.63) is 58.5 Å². The Kier molecular flexibility index (Phi) is 8.05. The zero-order valence-corrected chi connectivity index (χ0v) is 18.0. The molecule has 0 spiro atoms. The predicted molar refractivity (Wildman–Crippen MR) is 118 cm³/mol. The minimum absolute atomic E-state index is 0. The number of guanidine groups is 1. The van der Waals surface area contributed by atoms with E-state index in [0.29, 0.717) is 6.54 Å². The van der Waals surface area contributed by atoms with E-state index in [1.54, 1.807) is 11.3 Å². The third-order valence-electron chi connectivity index (χ3n) is 3.72. The second-order valence-electron chi connectivity index (χ2n) is 5.69. The molecule has 1 aromatic carbocycles. The van der Waals surface area contributed by atoms with Gasteiger partial charge in [0, 0.05) is 25.7 Å². The molecule has 0 unspecified atom stereocenters.